The minimum Gasteiger partial charge on any atom is -0.324 e. The Morgan fingerprint density at radius 3 is 2.44 bits per heavy atom. The van der Waals surface area contributed by atoms with Crippen molar-refractivity contribution >= 4 is 28.3 Å². The van der Waals surface area contributed by atoms with E-state index in [1.165, 1.54) is 0 Å². The highest BCUT2D eigenvalue weighted by molar-refractivity contribution is 9.10. The van der Waals surface area contributed by atoms with Crippen LogP contribution in [-0.2, 0) is 0 Å². The van der Waals surface area contributed by atoms with Crippen molar-refractivity contribution in [3.63, 3.8) is 0 Å². The zero-order chi connectivity index (χ0) is 11.6. The van der Waals surface area contributed by atoms with E-state index in [-0.39, 0.29) is 24.3 Å². The maximum absolute atomic E-state index is 13.8. The van der Waals surface area contributed by atoms with Crippen LogP contribution in [-0.4, -0.2) is 0 Å². The van der Waals surface area contributed by atoms with E-state index in [9.17, 15) is 4.39 Å². The molecule has 92 valence electrons. The summed E-state index contributed by atoms with van der Waals surface area (Å²) in [5.41, 5.74) is 7.22. The second-order valence-electron chi connectivity index (χ2n) is 4.36. The maximum Gasteiger partial charge on any atom is 0.130 e. The van der Waals surface area contributed by atoms with Crippen LogP contribution in [0.1, 0.15) is 37.4 Å². The van der Waals surface area contributed by atoms with Crippen molar-refractivity contribution in [2.45, 2.75) is 33.2 Å². The van der Waals surface area contributed by atoms with Crippen LogP contribution in [0, 0.1) is 18.7 Å². The minimum atomic E-state index is -0.221. The van der Waals surface area contributed by atoms with Crippen molar-refractivity contribution in [3.8, 4) is 0 Å². The van der Waals surface area contributed by atoms with Gasteiger partial charge in [-0.25, -0.2) is 4.39 Å². The number of nitrogens with two attached hydrogens (primary N) is 1. The highest BCUT2D eigenvalue weighted by Crippen LogP contribution is 2.26. The van der Waals surface area contributed by atoms with E-state index in [2.05, 4.69) is 29.8 Å². The summed E-state index contributed by atoms with van der Waals surface area (Å²) in [7, 11) is 0. The molecule has 0 aliphatic carbocycles. The van der Waals surface area contributed by atoms with Crippen LogP contribution in [0.15, 0.2) is 16.6 Å². The third kappa shape index (κ3) is 4.04. The SMILES string of the molecule is Cc1cc(Br)cc([C@@H](N)CC(C)C)c1F.Cl. The number of hydrogen-bond acceptors (Lipinski definition) is 1. The monoisotopic (exact) mass is 309 g/mol. The Kier molecular flexibility index (Phi) is 6.53. The molecule has 0 fully saturated rings. The second-order valence-corrected chi connectivity index (χ2v) is 5.28. The first kappa shape index (κ1) is 15.9. The molecule has 4 heteroatoms. The molecule has 1 aromatic rings. The summed E-state index contributed by atoms with van der Waals surface area (Å²) in [5, 5.41) is 0. The standard InChI is InChI=1S/C12H17BrFN.ClH/c1-7(2)4-11(15)10-6-9(13)5-8(3)12(10)14;/h5-7,11H,4,15H2,1-3H3;1H/t11-;/m0./s1. The molecule has 1 aromatic carbocycles. The van der Waals surface area contributed by atoms with Gasteiger partial charge >= 0.3 is 0 Å². The van der Waals surface area contributed by atoms with E-state index in [1.54, 1.807) is 19.1 Å². The van der Waals surface area contributed by atoms with Crippen LogP contribution in [0.5, 0.6) is 0 Å². The Labute approximate surface area is 111 Å². The maximum atomic E-state index is 13.8. The van der Waals surface area contributed by atoms with Gasteiger partial charge in [-0.2, -0.15) is 0 Å². The number of hydrogen-bond donors (Lipinski definition) is 1. The van der Waals surface area contributed by atoms with Crippen LogP contribution in [0.25, 0.3) is 0 Å². The van der Waals surface area contributed by atoms with Crippen molar-refractivity contribution in [1.29, 1.82) is 0 Å². The van der Waals surface area contributed by atoms with Gasteiger partial charge in [-0.1, -0.05) is 29.8 Å². The third-order valence-corrected chi connectivity index (χ3v) is 2.83. The molecule has 0 amide bonds. The molecule has 0 heterocycles. The molecule has 0 saturated heterocycles. The molecular formula is C12H18BrClFN. The van der Waals surface area contributed by atoms with Gasteiger partial charge in [-0.15, -0.1) is 12.4 Å². The molecule has 0 saturated carbocycles. The van der Waals surface area contributed by atoms with E-state index in [1.807, 2.05) is 0 Å². The number of aryl methyl sites for hydroxylation is 1. The highest BCUT2D eigenvalue weighted by Gasteiger charge is 2.15. The largest absolute Gasteiger partial charge is 0.324 e. The fraction of sp³-hybridized carbons (Fsp3) is 0.500. The summed E-state index contributed by atoms with van der Waals surface area (Å²) in [4.78, 5) is 0. The molecule has 0 aliphatic heterocycles. The summed E-state index contributed by atoms with van der Waals surface area (Å²) in [6.07, 6.45) is 0.798. The van der Waals surface area contributed by atoms with Crippen LogP contribution in [0.2, 0.25) is 0 Å². The van der Waals surface area contributed by atoms with Gasteiger partial charge in [-0.3, -0.25) is 0 Å². The lowest BCUT2D eigenvalue weighted by atomic mass is 9.96. The molecule has 0 radical (unpaired) electrons. The zero-order valence-electron chi connectivity index (χ0n) is 9.76. The Bertz CT molecular complexity index is 355. The molecule has 1 rings (SSSR count). The topological polar surface area (TPSA) is 26.0 Å². The van der Waals surface area contributed by atoms with Crippen molar-refractivity contribution in [1.82, 2.24) is 0 Å². The number of halogens is 3. The summed E-state index contributed by atoms with van der Waals surface area (Å²) in [6, 6.07) is 3.32. The molecule has 0 aromatic heterocycles. The second kappa shape index (κ2) is 6.58. The van der Waals surface area contributed by atoms with Gasteiger partial charge < -0.3 is 5.73 Å². The van der Waals surface area contributed by atoms with Crippen molar-refractivity contribution < 1.29 is 4.39 Å². The Balaban J connectivity index is 0.00000225. The highest BCUT2D eigenvalue weighted by atomic mass is 79.9. The van der Waals surface area contributed by atoms with Gasteiger partial charge in [0.15, 0.2) is 0 Å². The lowest BCUT2D eigenvalue weighted by molar-refractivity contribution is 0.487. The average Bonchev–Trinajstić information content (AvgIpc) is 2.09. The Morgan fingerprint density at radius 1 is 1.38 bits per heavy atom. The van der Waals surface area contributed by atoms with Crippen LogP contribution in [0.3, 0.4) is 0 Å². The molecule has 0 bridgehead atoms. The first-order chi connectivity index (χ1) is 6.91. The molecule has 1 atom stereocenters. The molecule has 2 N–H and O–H groups in total. The summed E-state index contributed by atoms with van der Waals surface area (Å²) in [6.45, 7) is 5.93. The Morgan fingerprint density at radius 2 is 1.94 bits per heavy atom. The zero-order valence-corrected chi connectivity index (χ0v) is 12.2. The molecular weight excluding hydrogens is 292 g/mol. The first-order valence-electron chi connectivity index (χ1n) is 5.13. The summed E-state index contributed by atoms with van der Waals surface area (Å²) < 4.78 is 14.7. The quantitative estimate of drug-likeness (QED) is 0.881. The molecule has 16 heavy (non-hydrogen) atoms. The van der Waals surface area contributed by atoms with Gasteiger partial charge in [0.1, 0.15) is 5.82 Å². The van der Waals surface area contributed by atoms with Gasteiger partial charge in [-0.05, 0) is 37.0 Å². The molecule has 0 unspecified atom stereocenters. The third-order valence-electron chi connectivity index (χ3n) is 2.37. The van der Waals surface area contributed by atoms with Gasteiger partial charge in [0.05, 0.1) is 0 Å². The lowest BCUT2D eigenvalue weighted by Crippen LogP contribution is -2.15. The van der Waals surface area contributed by atoms with Gasteiger partial charge in [0.25, 0.3) is 0 Å². The van der Waals surface area contributed by atoms with E-state index in [0.29, 0.717) is 17.0 Å². The van der Waals surface area contributed by atoms with Crippen molar-refractivity contribution in [3.05, 3.63) is 33.5 Å². The van der Waals surface area contributed by atoms with E-state index < -0.39 is 0 Å². The predicted octanol–water partition coefficient (Wildman–Crippen LogP) is 4.36. The molecule has 1 nitrogen and oxygen atoms in total. The van der Waals surface area contributed by atoms with Crippen LogP contribution in [0.4, 0.5) is 4.39 Å². The number of rotatable bonds is 3. The summed E-state index contributed by atoms with van der Waals surface area (Å²) >= 11 is 3.36. The van der Waals surface area contributed by atoms with Gasteiger partial charge in [0.2, 0.25) is 0 Å². The fourth-order valence-corrected chi connectivity index (χ4v) is 2.25. The van der Waals surface area contributed by atoms with Crippen LogP contribution >= 0.6 is 28.3 Å². The smallest absolute Gasteiger partial charge is 0.130 e. The van der Waals surface area contributed by atoms with E-state index in [0.717, 1.165) is 10.9 Å². The Hall–Kier alpha value is -0.120. The van der Waals surface area contributed by atoms with Crippen molar-refractivity contribution in [2.24, 2.45) is 11.7 Å². The fourth-order valence-electron chi connectivity index (χ4n) is 1.66. The number of benzene rings is 1. The van der Waals surface area contributed by atoms with E-state index >= 15 is 0 Å². The molecule has 0 aliphatic rings. The minimum absolute atomic E-state index is 0. The predicted molar refractivity (Wildman–Crippen MR) is 72.5 cm³/mol. The van der Waals surface area contributed by atoms with Crippen LogP contribution < -0.4 is 5.73 Å². The summed E-state index contributed by atoms with van der Waals surface area (Å²) in [5.74, 6) is 0.296. The van der Waals surface area contributed by atoms with E-state index in [4.69, 9.17) is 5.73 Å². The lowest BCUT2D eigenvalue weighted by Gasteiger charge is -2.16. The van der Waals surface area contributed by atoms with Crippen molar-refractivity contribution in [2.75, 3.05) is 0 Å². The first-order valence-corrected chi connectivity index (χ1v) is 5.92. The molecule has 0 spiro atoms. The normalized spacial score (nSPS) is 12.4. The van der Waals surface area contributed by atoms with Gasteiger partial charge in [0, 0.05) is 16.1 Å². The average molecular weight is 311 g/mol.